The summed E-state index contributed by atoms with van der Waals surface area (Å²) in [6.45, 7) is 33.5. The Bertz CT molecular complexity index is 6730. The van der Waals surface area contributed by atoms with Gasteiger partial charge in [-0.3, -0.25) is 49.1 Å². The molecule has 0 unspecified atom stereocenters. The predicted molar refractivity (Wildman–Crippen MR) is 539 cm³/mol. The number of thiophene rings is 4. The number of rotatable bonds is 19. The highest BCUT2D eigenvalue weighted by Gasteiger charge is 2.27. The minimum absolute atomic E-state index is 0.0505. The fourth-order valence-electron chi connectivity index (χ4n) is 11.5. The molecule has 15 aromatic rings. The Hall–Kier alpha value is -12.3. The second kappa shape index (κ2) is 53.5. The Balaban J connectivity index is 0.000000221. The molecule has 37 heteroatoms. The van der Waals surface area contributed by atoms with Crippen LogP contribution in [0.2, 0.25) is 15.5 Å². The molecule has 13 heterocycles. The van der Waals surface area contributed by atoms with E-state index in [1.54, 1.807) is 110 Å². The average molecular weight is 2120 g/mol. The number of aromatic carboxylic acids is 1. The summed E-state index contributed by atoms with van der Waals surface area (Å²) < 4.78 is 84.0. The van der Waals surface area contributed by atoms with Crippen LogP contribution in [0.1, 0.15) is 181 Å². The molecule has 24 nitrogen and oxygen atoms in total. The molecule has 0 radical (unpaired) electrons. The molecule has 1 amide bonds. The maximum absolute atomic E-state index is 13.1. The maximum Gasteiger partial charge on any atom is 0.408 e. The van der Waals surface area contributed by atoms with Crippen molar-refractivity contribution in [1.29, 1.82) is 0 Å². The van der Waals surface area contributed by atoms with Crippen molar-refractivity contribution in [3.05, 3.63) is 333 Å². The van der Waals surface area contributed by atoms with Crippen LogP contribution in [0.15, 0.2) is 153 Å². The summed E-state index contributed by atoms with van der Waals surface area (Å²) >= 11 is 23.5. The number of ketones is 2. The highest BCUT2D eigenvalue weighted by atomic mass is 127. The van der Waals surface area contributed by atoms with Crippen LogP contribution >= 0.6 is 103 Å². The van der Waals surface area contributed by atoms with Crippen molar-refractivity contribution in [2.75, 3.05) is 7.11 Å². The molecule has 0 fully saturated rings. The molecule has 0 bridgehead atoms. The Morgan fingerprint density at radius 2 is 0.810 bits per heavy atom. The number of carbonyl (C=O) groups excluding carboxylic acids is 6. The summed E-state index contributed by atoms with van der Waals surface area (Å²) in [5, 5.41) is 19.9. The number of methoxy groups -OCH3 is 1. The van der Waals surface area contributed by atoms with E-state index in [2.05, 4.69) is 61.5 Å². The number of esters is 2. The van der Waals surface area contributed by atoms with E-state index in [1.165, 1.54) is 82.6 Å². The summed E-state index contributed by atoms with van der Waals surface area (Å²) in [6.07, 6.45) is 16.4. The first-order valence-corrected chi connectivity index (χ1v) is 47.1. The molecule has 0 saturated heterocycles. The van der Waals surface area contributed by atoms with E-state index < -0.39 is 59.4 Å². The standard InChI is InChI=1S/C29H28N2O5S.C14H16N2O3S.C11H11NO2S.C10H9NO2S.C9H10FN.C8H8FNO.C7H7ClFN.C6H4ClFIN.C6H5ClFN/c1-19-16-30-24-15-26(37-27(24)20(19)2)25(32)14-13-23(28(33)35-17-21-9-5-3-6-10-21)31-29(34)36-18-22-11-7-4-8-12-22;1-7-6-16-10-5-12(20-13(10)8(7)2)11(17)4-3-9(15)14(18)19;1-6-5-12-8-4-9(11(13)14-3)15-10(8)7(6)2;1-5-4-11-7-3-8(10(12)13)14-9(7)6(5)2;1-4-8-9(10)7(3)6(2)5-11-8;1-5-3-10-7(4-11)8(9)6(5)2;1-4-3-10-7(8)6(9)5(4)2;1-3-2-10-6(7)4(8)5(3)9;1-4-2-5(8)6(7)9-3-4/h3-12,15-16,23H,13-14,17-18H2,1-2H3,(H,31,34);5-6,9H,3-4,15H2,1-2H3,(H,18,19);4-5H,1-3H3;3-4H,1-2H3,(H,12,13);4-5H,1H2,2-3H3;3-4H,1-2H3;3H,1-2H3;2H,1H3;2-3H,1H3/t23-;9-;;;;;;;/m11......./s1. The van der Waals surface area contributed by atoms with E-state index in [1.807, 2.05) is 152 Å². The number of carboxylic acids is 2. The van der Waals surface area contributed by atoms with Gasteiger partial charge in [-0.1, -0.05) is 102 Å². The van der Waals surface area contributed by atoms with Gasteiger partial charge in [0.2, 0.25) is 0 Å². The Morgan fingerprint density at radius 1 is 0.453 bits per heavy atom. The number of nitrogens with two attached hydrogens (primary N) is 1. The van der Waals surface area contributed by atoms with E-state index in [-0.39, 0.29) is 83.4 Å². The lowest BCUT2D eigenvalue weighted by molar-refractivity contribution is -0.147. The number of hydrogen-bond acceptors (Lipinski definition) is 25. The SMILES string of the molecule is C=Cc1ncc(C)c(C)c1F.COC(=O)c1cc2ncc(C)c(C)c2s1.Cc1cnc(C=O)c(F)c1C.Cc1cnc(Cl)c(F)c1.Cc1cnc(Cl)c(F)c1C.Cc1cnc(Cl)c(F)c1I.Cc1cnc2cc(C(=O)CC[C@@H](N)C(=O)O)sc2c1C.Cc1cnc2cc(C(=O)CC[C@@H](NC(=O)OCc3ccccc3)C(=O)OCc3ccccc3)sc2c1C.Cc1cnc2cc(C(=O)O)sc2c1C. The highest BCUT2D eigenvalue weighted by molar-refractivity contribution is 14.1. The largest absolute Gasteiger partial charge is 0.480 e. The van der Waals surface area contributed by atoms with Crippen molar-refractivity contribution in [3.8, 4) is 0 Å². The smallest absolute Gasteiger partial charge is 0.408 e. The number of hydrogen-bond donors (Lipinski definition) is 4. The second-order valence-corrected chi connectivity index (χ2v) is 37.1. The summed E-state index contributed by atoms with van der Waals surface area (Å²) in [5.74, 6) is -5.18. The molecule has 0 aliphatic heterocycles. The van der Waals surface area contributed by atoms with Gasteiger partial charge in [-0.05, 0) is 283 Å². The zero-order chi connectivity index (χ0) is 102. The van der Waals surface area contributed by atoms with Crippen LogP contribution < -0.4 is 11.1 Å². The van der Waals surface area contributed by atoms with Gasteiger partial charge >= 0.3 is 30.0 Å². The number of aryl methyl sites for hydroxylation is 13. The van der Waals surface area contributed by atoms with Crippen LogP contribution in [0.25, 0.3) is 46.9 Å². The minimum Gasteiger partial charge on any atom is -0.480 e. The van der Waals surface area contributed by atoms with Gasteiger partial charge in [-0.25, -0.2) is 56.1 Å². The number of ether oxygens (including phenoxy) is 3. The van der Waals surface area contributed by atoms with Crippen LogP contribution in [-0.4, -0.2) is 122 Å². The summed E-state index contributed by atoms with van der Waals surface area (Å²) in [4.78, 5) is 131. The molecular weight excluding hydrogens is 2020 g/mol. The average Bonchev–Trinajstić information content (AvgIpc) is 1.66. The van der Waals surface area contributed by atoms with Gasteiger partial charge in [0.05, 0.1) is 67.0 Å². The predicted octanol–water partition coefficient (Wildman–Crippen LogP) is 25.1. The fourth-order valence-corrected chi connectivity index (χ4v) is 16.9. The van der Waals surface area contributed by atoms with Crippen molar-refractivity contribution >= 4 is 198 Å². The first-order chi connectivity index (χ1) is 64.8. The number of benzene rings is 2. The van der Waals surface area contributed by atoms with Crippen molar-refractivity contribution in [3.63, 3.8) is 0 Å². The van der Waals surface area contributed by atoms with Gasteiger partial charge in [0.25, 0.3) is 0 Å². The third-order valence-electron chi connectivity index (χ3n) is 20.9. The number of halogens is 9. The topological polar surface area (TPSA) is 359 Å². The number of amides is 1. The lowest BCUT2D eigenvalue weighted by atomic mass is 10.1. The molecule has 5 N–H and O–H groups in total. The first-order valence-electron chi connectivity index (χ1n) is 41.6. The number of alkyl carbamates (subject to hydrolysis) is 1. The van der Waals surface area contributed by atoms with E-state index in [0.29, 0.717) is 51.7 Å². The Kier molecular flexibility index (Phi) is 43.6. The number of aromatic nitrogens is 9. The molecule has 0 aliphatic carbocycles. The fraction of sp³-hybridized carbons (Fsp3) is 0.250. The number of carboxylic acid groups (broad SMARTS) is 2. The third-order valence-corrected chi connectivity index (χ3v) is 28.0. The minimum atomic E-state index is -1.08. The molecule has 718 valence electrons. The molecule has 2 aromatic carbocycles. The summed E-state index contributed by atoms with van der Waals surface area (Å²) in [7, 11) is 1.39. The van der Waals surface area contributed by atoms with Crippen LogP contribution in [0.3, 0.4) is 0 Å². The lowest BCUT2D eigenvalue weighted by Crippen LogP contribution is -2.42. The van der Waals surface area contributed by atoms with Crippen LogP contribution in [0.5, 0.6) is 0 Å². The van der Waals surface area contributed by atoms with Gasteiger partial charge in [0.1, 0.15) is 40.7 Å². The third kappa shape index (κ3) is 32.2. The molecule has 0 spiro atoms. The van der Waals surface area contributed by atoms with Crippen molar-refractivity contribution in [1.82, 2.24) is 50.2 Å². The van der Waals surface area contributed by atoms with E-state index >= 15 is 0 Å². The van der Waals surface area contributed by atoms with Crippen molar-refractivity contribution in [2.24, 2.45) is 5.73 Å². The quantitative estimate of drug-likeness (QED) is 0.0111. The van der Waals surface area contributed by atoms with Crippen LogP contribution in [0, 0.1) is 143 Å². The molecule has 0 saturated carbocycles. The number of fused-ring (bicyclic) bond motifs is 4. The number of Topliss-reactive ketones (excluding diaryl/α,β-unsaturated/α-hetero) is 2. The zero-order valence-electron chi connectivity index (χ0n) is 77.6. The molecular formula is C100H98Cl3F5IN11O13S4. The monoisotopic (exact) mass is 2120 g/mol. The van der Waals surface area contributed by atoms with E-state index in [4.69, 9.17) is 60.2 Å². The number of pyridine rings is 9. The van der Waals surface area contributed by atoms with Crippen LogP contribution in [0.4, 0.5) is 26.7 Å². The Morgan fingerprint density at radius 3 is 1.21 bits per heavy atom. The maximum atomic E-state index is 13.1. The number of aldehydes is 1. The van der Waals surface area contributed by atoms with Gasteiger partial charge in [-0.2, -0.15) is 0 Å². The molecule has 13 aromatic heterocycles. The summed E-state index contributed by atoms with van der Waals surface area (Å²) in [6, 6.07) is 24.7. The normalized spacial score (nSPS) is 10.9. The number of carbonyl (C=O) groups is 8. The molecule has 0 aliphatic rings. The van der Waals surface area contributed by atoms with Crippen molar-refractivity contribution in [2.45, 2.75) is 162 Å². The van der Waals surface area contributed by atoms with Crippen molar-refractivity contribution < 1.29 is 84.7 Å². The highest BCUT2D eigenvalue weighted by Crippen LogP contribution is 2.34. The number of aliphatic carboxylic acids is 1. The lowest BCUT2D eigenvalue weighted by Gasteiger charge is -2.17. The van der Waals surface area contributed by atoms with Gasteiger partial charge < -0.3 is 35.5 Å². The second-order valence-electron chi connectivity index (χ2n) is 30.8. The number of nitrogens with one attached hydrogen (secondary N) is 1. The molecule has 2 atom stereocenters. The molecule has 137 heavy (non-hydrogen) atoms. The van der Waals surface area contributed by atoms with Gasteiger partial charge in [0, 0.05) is 68.6 Å². The van der Waals surface area contributed by atoms with Crippen LogP contribution in [-0.2, 0) is 37.0 Å². The summed E-state index contributed by atoms with van der Waals surface area (Å²) in [5.41, 5.74) is 25.1. The van der Waals surface area contributed by atoms with Gasteiger partial charge in [0.15, 0.2) is 62.4 Å². The zero-order valence-corrected chi connectivity index (χ0v) is 85.3. The van der Waals surface area contributed by atoms with Gasteiger partial charge in [-0.15, -0.1) is 45.3 Å². The van der Waals surface area contributed by atoms with E-state index in [0.717, 1.165) is 119 Å². The first kappa shape index (κ1) is 112. The Labute approximate surface area is 833 Å². The number of nitrogens with zero attached hydrogens (tertiary/aromatic N) is 9. The van der Waals surface area contributed by atoms with E-state index in [9.17, 15) is 60.3 Å². The molecule has 15 rings (SSSR count).